The van der Waals surface area contributed by atoms with E-state index >= 15 is 0 Å². The van der Waals surface area contributed by atoms with E-state index in [1.54, 1.807) is 0 Å². The van der Waals surface area contributed by atoms with Crippen LogP contribution in [0.1, 0.15) is 96.8 Å². The molecule has 0 aromatic heterocycles. The summed E-state index contributed by atoms with van der Waals surface area (Å²) < 4.78 is 10.1. The Morgan fingerprint density at radius 2 is 1.39 bits per heavy atom. The van der Waals surface area contributed by atoms with Crippen LogP contribution < -0.4 is 0 Å². The Bertz CT molecular complexity index is 483. The highest BCUT2D eigenvalue weighted by molar-refractivity contribution is 5.69. The molecule has 1 fully saturated rings. The zero-order valence-electron chi connectivity index (χ0n) is 19.2. The molecule has 7 nitrogen and oxygen atoms in total. The first-order valence-electron chi connectivity index (χ1n) is 12.2. The predicted molar refractivity (Wildman–Crippen MR) is 119 cm³/mol. The molecule has 0 saturated carbocycles. The number of hydrogen-bond donors (Lipinski definition) is 4. The molecule has 182 valence electrons. The molecule has 0 radical (unpaired) electrons. The summed E-state index contributed by atoms with van der Waals surface area (Å²) in [5.41, 5.74) is 0. The first-order valence-corrected chi connectivity index (χ1v) is 12.2. The van der Waals surface area contributed by atoms with Crippen molar-refractivity contribution >= 4 is 5.97 Å². The van der Waals surface area contributed by atoms with E-state index in [-0.39, 0.29) is 6.42 Å². The van der Waals surface area contributed by atoms with Crippen LogP contribution in [-0.2, 0) is 14.3 Å². The largest absolute Gasteiger partial charge is 0.454 e. The third-order valence-corrected chi connectivity index (χ3v) is 5.75. The van der Waals surface area contributed by atoms with Gasteiger partial charge in [-0.05, 0) is 32.1 Å². The number of aliphatic hydroxyl groups excluding tert-OH is 4. The lowest BCUT2D eigenvalue weighted by atomic mass is 9.99. The van der Waals surface area contributed by atoms with Gasteiger partial charge in [0.15, 0.2) is 12.4 Å². The zero-order valence-corrected chi connectivity index (χ0v) is 19.2. The topological polar surface area (TPSA) is 116 Å². The van der Waals surface area contributed by atoms with Gasteiger partial charge in [-0.1, -0.05) is 70.4 Å². The molecule has 0 spiro atoms. The molecule has 0 bridgehead atoms. The van der Waals surface area contributed by atoms with Gasteiger partial charge in [-0.3, -0.25) is 4.79 Å². The molecule has 1 heterocycles. The van der Waals surface area contributed by atoms with Gasteiger partial charge in [0.2, 0.25) is 0 Å². The first kappa shape index (κ1) is 28.0. The van der Waals surface area contributed by atoms with Crippen LogP contribution >= 0.6 is 0 Å². The molecule has 1 saturated heterocycles. The fourth-order valence-electron chi connectivity index (χ4n) is 3.75. The predicted octanol–water partition coefficient (Wildman–Crippen LogP) is 3.37. The molecule has 5 atom stereocenters. The molecule has 0 aromatic carbocycles. The molecule has 0 aromatic rings. The second kappa shape index (κ2) is 17.6. The number of rotatable bonds is 17. The Labute approximate surface area is 187 Å². The van der Waals surface area contributed by atoms with Gasteiger partial charge in [0.25, 0.3) is 0 Å². The van der Waals surface area contributed by atoms with E-state index in [0.29, 0.717) is 6.42 Å². The van der Waals surface area contributed by atoms with Crippen LogP contribution in [0.4, 0.5) is 0 Å². The summed E-state index contributed by atoms with van der Waals surface area (Å²) in [5, 5.41) is 38.7. The average molecular weight is 445 g/mol. The standard InChI is InChI=1S/C24H44O7/c1-2-3-4-5-6-7-8-9-10-11-12-13-14-15-16-17-20(26)31-23-22(28)21(27)19(18-25)30-24(23)29/h9-10,19,21-25,27-29H,2-8,11-18H2,1H3/b10-9+/t19-,21-,22+,23-,24?/m1/s1. The van der Waals surface area contributed by atoms with Crippen LogP contribution in [0.25, 0.3) is 0 Å². The Kier molecular flexibility index (Phi) is 15.9. The number of hydrogen-bond acceptors (Lipinski definition) is 7. The summed E-state index contributed by atoms with van der Waals surface area (Å²) in [7, 11) is 0. The third kappa shape index (κ3) is 12.0. The molecule has 0 amide bonds. The second-order valence-corrected chi connectivity index (χ2v) is 8.52. The molecule has 1 aliphatic rings. The molecule has 0 aliphatic carbocycles. The lowest BCUT2D eigenvalue weighted by Crippen LogP contribution is -2.59. The fourth-order valence-corrected chi connectivity index (χ4v) is 3.75. The number of unbranched alkanes of at least 4 members (excludes halogenated alkanes) is 11. The fraction of sp³-hybridized carbons (Fsp3) is 0.875. The van der Waals surface area contributed by atoms with Crippen molar-refractivity contribution in [2.75, 3.05) is 6.61 Å². The zero-order chi connectivity index (χ0) is 22.9. The van der Waals surface area contributed by atoms with Gasteiger partial charge in [-0.2, -0.15) is 0 Å². The van der Waals surface area contributed by atoms with E-state index in [2.05, 4.69) is 19.1 Å². The van der Waals surface area contributed by atoms with Crippen LogP contribution in [-0.4, -0.2) is 63.7 Å². The van der Waals surface area contributed by atoms with Crippen molar-refractivity contribution < 1.29 is 34.7 Å². The van der Waals surface area contributed by atoms with Crippen molar-refractivity contribution in [1.82, 2.24) is 0 Å². The molecular weight excluding hydrogens is 400 g/mol. The Balaban J connectivity index is 1.99. The summed E-state index contributed by atoms with van der Waals surface area (Å²) in [6.07, 6.45) is 13.0. The average Bonchev–Trinajstić information content (AvgIpc) is 2.76. The molecule has 7 heteroatoms. The maximum Gasteiger partial charge on any atom is 0.306 e. The van der Waals surface area contributed by atoms with E-state index in [1.165, 1.54) is 44.9 Å². The molecule has 4 N–H and O–H groups in total. The maximum atomic E-state index is 12.0. The van der Waals surface area contributed by atoms with Crippen molar-refractivity contribution in [3.63, 3.8) is 0 Å². The van der Waals surface area contributed by atoms with Crippen molar-refractivity contribution in [2.24, 2.45) is 0 Å². The van der Waals surface area contributed by atoms with Gasteiger partial charge >= 0.3 is 5.97 Å². The molecule has 31 heavy (non-hydrogen) atoms. The minimum absolute atomic E-state index is 0.188. The number of ether oxygens (including phenoxy) is 2. The molecular formula is C24H44O7. The SMILES string of the molecule is CCCCCCCC/C=C/CCCCCCCC(=O)O[C@H]1C(O)O[C@H](CO)[C@@H](O)[C@@H]1O. The lowest BCUT2D eigenvalue weighted by Gasteiger charge is -2.39. The van der Waals surface area contributed by atoms with E-state index in [9.17, 15) is 20.1 Å². The summed E-state index contributed by atoms with van der Waals surface area (Å²) in [5.74, 6) is -0.543. The van der Waals surface area contributed by atoms with Gasteiger partial charge in [-0.15, -0.1) is 0 Å². The first-order chi connectivity index (χ1) is 15.0. The molecule has 1 unspecified atom stereocenters. The van der Waals surface area contributed by atoms with E-state index in [4.69, 9.17) is 14.6 Å². The van der Waals surface area contributed by atoms with Crippen LogP contribution in [0, 0.1) is 0 Å². The van der Waals surface area contributed by atoms with Gasteiger partial charge in [0, 0.05) is 6.42 Å². The monoisotopic (exact) mass is 444 g/mol. The summed E-state index contributed by atoms with van der Waals surface area (Å²) in [6.45, 7) is 1.69. The van der Waals surface area contributed by atoms with Gasteiger partial charge in [0.05, 0.1) is 6.61 Å². The van der Waals surface area contributed by atoms with Gasteiger partial charge in [0.1, 0.15) is 18.3 Å². The highest BCUT2D eigenvalue weighted by Gasteiger charge is 2.45. The van der Waals surface area contributed by atoms with E-state index < -0.39 is 43.3 Å². The number of carbonyl (C=O) groups is 1. The quantitative estimate of drug-likeness (QED) is 0.154. The van der Waals surface area contributed by atoms with Crippen LogP contribution in [0.3, 0.4) is 0 Å². The van der Waals surface area contributed by atoms with Crippen LogP contribution in [0.2, 0.25) is 0 Å². The summed E-state index contributed by atoms with van der Waals surface area (Å²) in [6, 6.07) is 0. The Hall–Kier alpha value is -0.990. The normalized spacial score (nSPS) is 26.4. The minimum atomic E-state index is -1.58. The highest BCUT2D eigenvalue weighted by Crippen LogP contribution is 2.23. The van der Waals surface area contributed by atoms with Crippen molar-refractivity contribution in [3.05, 3.63) is 12.2 Å². The number of carbonyl (C=O) groups excluding carboxylic acids is 1. The van der Waals surface area contributed by atoms with Crippen molar-refractivity contribution in [1.29, 1.82) is 0 Å². The van der Waals surface area contributed by atoms with E-state index in [1.807, 2.05) is 0 Å². The lowest BCUT2D eigenvalue weighted by molar-refractivity contribution is -0.290. The second-order valence-electron chi connectivity index (χ2n) is 8.52. The number of allylic oxidation sites excluding steroid dienone is 2. The smallest absolute Gasteiger partial charge is 0.306 e. The highest BCUT2D eigenvalue weighted by atomic mass is 16.7. The van der Waals surface area contributed by atoms with Crippen LogP contribution in [0.5, 0.6) is 0 Å². The van der Waals surface area contributed by atoms with Crippen LogP contribution in [0.15, 0.2) is 12.2 Å². The number of aliphatic hydroxyl groups is 4. The van der Waals surface area contributed by atoms with Gasteiger partial charge in [-0.25, -0.2) is 0 Å². The third-order valence-electron chi connectivity index (χ3n) is 5.75. The molecule has 1 rings (SSSR count). The summed E-state index contributed by atoms with van der Waals surface area (Å²) >= 11 is 0. The Morgan fingerprint density at radius 3 is 1.97 bits per heavy atom. The maximum absolute atomic E-state index is 12.0. The number of esters is 1. The van der Waals surface area contributed by atoms with Crippen molar-refractivity contribution in [2.45, 2.75) is 128 Å². The minimum Gasteiger partial charge on any atom is -0.454 e. The van der Waals surface area contributed by atoms with Gasteiger partial charge < -0.3 is 29.9 Å². The Morgan fingerprint density at radius 1 is 0.839 bits per heavy atom. The molecule has 1 aliphatic heterocycles. The van der Waals surface area contributed by atoms with E-state index in [0.717, 1.165) is 32.1 Å². The van der Waals surface area contributed by atoms with Crippen molar-refractivity contribution in [3.8, 4) is 0 Å². The summed E-state index contributed by atoms with van der Waals surface area (Å²) in [4.78, 5) is 12.0.